The molecule has 5 nitrogen and oxygen atoms in total. The van der Waals surface area contributed by atoms with Gasteiger partial charge in [0.25, 0.3) is 0 Å². The molecule has 0 unspecified atom stereocenters. The number of nitrogens with zero attached hydrogens (tertiary/aromatic N) is 5. The predicted molar refractivity (Wildman–Crippen MR) is 89.4 cm³/mol. The minimum absolute atomic E-state index is 0.367. The minimum atomic E-state index is 0.367. The highest BCUT2D eigenvalue weighted by molar-refractivity contribution is 7.18. The maximum absolute atomic E-state index is 4.64. The summed E-state index contributed by atoms with van der Waals surface area (Å²) in [7, 11) is 1.97. The molecule has 1 atom stereocenters. The van der Waals surface area contributed by atoms with E-state index in [-0.39, 0.29) is 0 Å². The Labute approximate surface area is 133 Å². The molecule has 0 radical (unpaired) electrons. The van der Waals surface area contributed by atoms with Crippen LogP contribution in [0.25, 0.3) is 10.2 Å². The zero-order valence-corrected chi connectivity index (χ0v) is 13.9. The second-order valence-corrected chi connectivity index (χ2v) is 7.16. The number of hydrogen-bond donors (Lipinski definition) is 0. The SMILES string of the molecule is Cc1sc2ncnc(N3CCC[C@H]3c3cnn(C)c3)c2c1C. The molecule has 0 saturated carbocycles. The smallest absolute Gasteiger partial charge is 0.141 e. The molecular weight excluding hydrogens is 294 g/mol. The van der Waals surface area contributed by atoms with Crippen molar-refractivity contribution in [2.75, 3.05) is 11.4 Å². The van der Waals surface area contributed by atoms with Gasteiger partial charge in [-0.2, -0.15) is 5.10 Å². The highest BCUT2D eigenvalue weighted by Gasteiger charge is 2.30. The van der Waals surface area contributed by atoms with E-state index < -0.39 is 0 Å². The lowest BCUT2D eigenvalue weighted by molar-refractivity contribution is 0.709. The molecular formula is C16H19N5S. The number of aryl methyl sites for hydroxylation is 3. The molecule has 1 aliphatic heterocycles. The van der Waals surface area contributed by atoms with Crippen LogP contribution in [0.5, 0.6) is 0 Å². The molecule has 0 bridgehead atoms. The third-order valence-electron chi connectivity index (χ3n) is 4.58. The van der Waals surface area contributed by atoms with Gasteiger partial charge in [0, 0.05) is 30.2 Å². The molecule has 22 heavy (non-hydrogen) atoms. The summed E-state index contributed by atoms with van der Waals surface area (Å²) in [5.41, 5.74) is 2.59. The monoisotopic (exact) mass is 313 g/mol. The molecule has 4 heterocycles. The Kier molecular flexibility index (Phi) is 3.14. The largest absolute Gasteiger partial charge is 0.349 e. The topological polar surface area (TPSA) is 46.8 Å². The minimum Gasteiger partial charge on any atom is -0.349 e. The maximum Gasteiger partial charge on any atom is 0.141 e. The van der Waals surface area contributed by atoms with Gasteiger partial charge in [-0.05, 0) is 32.3 Å². The van der Waals surface area contributed by atoms with Crippen LogP contribution in [0.3, 0.4) is 0 Å². The zero-order chi connectivity index (χ0) is 15.3. The van der Waals surface area contributed by atoms with Crippen molar-refractivity contribution < 1.29 is 0 Å². The van der Waals surface area contributed by atoms with E-state index in [2.05, 4.69) is 40.0 Å². The van der Waals surface area contributed by atoms with Crippen LogP contribution >= 0.6 is 11.3 Å². The van der Waals surface area contributed by atoms with Gasteiger partial charge in [-0.3, -0.25) is 4.68 Å². The Morgan fingerprint density at radius 3 is 2.91 bits per heavy atom. The van der Waals surface area contributed by atoms with Gasteiger partial charge >= 0.3 is 0 Å². The molecule has 3 aromatic heterocycles. The molecule has 1 saturated heterocycles. The van der Waals surface area contributed by atoms with Gasteiger partial charge in [0.15, 0.2) is 0 Å². The summed E-state index contributed by atoms with van der Waals surface area (Å²) in [6.45, 7) is 5.38. The van der Waals surface area contributed by atoms with E-state index in [4.69, 9.17) is 0 Å². The van der Waals surface area contributed by atoms with Crippen LogP contribution in [0.4, 0.5) is 5.82 Å². The van der Waals surface area contributed by atoms with Crippen molar-refractivity contribution in [3.63, 3.8) is 0 Å². The number of fused-ring (bicyclic) bond motifs is 1. The first-order valence-corrected chi connectivity index (χ1v) is 8.42. The second kappa shape index (κ2) is 5.05. The van der Waals surface area contributed by atoms with Gasteiger partial charge in [0.05, 0.1) is 17.6 Å². The number of anilines is 1. The second-order valence-electron chi connectivity index (χ2n) is 5.96. The molecule has 3 aromatic rings. The van der Waals surface area contributed by atoms with E-state index in [1.807, 2.05) is 17.9 Å². The van der Waals surface area contributed by atoms with E-state index in [0.29, 0.717) is 6.04 Å². The Morgan fingerprint density at radius 1 is 1.27 bits per heavy atom. The summed E-state index contributed by atoms with van der Waals surface area (Å²) in [6.07, 6.45) is 8.14. The summed E-state index contributed by atoms with van der Waals surface area (Å²) < 4.78 is 1.88. The van der Waals surface area contributed by atoms with Crippen molar-refractivity contribution in [1.82, 2.24) is 19.7 Å². The van der Waals surface area contributed by atoms with Crippen LogP contribution in [0.1, 0.15) is 34.9 Å². The number of aromatic nitrogens is 4. The first kappa shape index (κ1) is 13.7. The highest BCUT2D eigenvalue weighted by atomic mass is 32.1. The van der Waals surface area contributed by atoms with Gasteiger partial charge in [-0.15, -0.1) is 11.3 Å². The molecule has 6 heteroatoms. The van der Waals surface area contributed by atoms with E-state index >= 15 is 0 Å². The zero-order valence-electron chi connectivity index (χ0n) is 13.1. The van der Waals surface area contributed by atoms with Crippen molar-refractivity contribution in [3.05, 3.63) is 34.7 Å². The lowest BCUT2D eigenvalue weighted by Gasteiger charge is -2.25. The molecule has 4 rings (SSSR count). The Balaban J connectivity index is 1.84. The molecule has 0 aromatic carbocycles. The number of thiophene rings is 1. The van der Waals surface area contributed by atoms with Crippen molar-refractivity contribution in [2.24, 2.45) is 7.05 Å². The van der Waals surface area contributed by atoms with Gasteiger partial charge in [-0.25, -0.2) is 9.97 Å². The lowest BCUT2D eigenvalue weighted by atomic mass is 10.1. The fraction of sp³-hybridized carbons (Fsp3) is 0.438. The van der Waals surface area contributed by atoms with Crippen LogP contribution in [0.2, 0.25) is 0 Å². The average molecular weight is 313 g/mol. The standard InChI is InChI=1S/C16H19N5S/c1-10-11(2)22-16-14(10)15(17-9-18-16)21-6-4-5-13(21)12-7-19-20(3)8-12/h7-9,13H,4-6H2,1-3H3/t13-/m0/s1. The van der Waals surface area contributed by atoms with Crippen molar-refractivity contribution in [2.45, 2.75) is 32.7 Å². The van der Waals surface area contributed by atoms with Crippen molar-refractivity contribution in [3.8, 4) is 0 Å². The summed E-state index contributed by atoms with van der Waals surface area (Å²) in [5, 5.41) is 5.56. The fourth-order valence-electron chi connectivity index (χ4n) is 3.36. The quantitative estimate of drug-likeness (QED) is 0.727. The highest BCUT2D eigenvalue weighted by Crippen LogP contribution is 2.41. The first-order chi connectivity index (χ1) is 10.6. The lowest BCUT2D eigenvalue weighted by Crippen LogP contribution is -2.23. The van der Waals surface area contributed by atoms with Crippen LogP contribution in [0, 0.1) is 13.8 Å². The van der Waals surface area contributed by atoms with Crippen LogP contribution in [-0.2, 0) is 7.05 Å². The summed E-state index contributed by atoms with van der Waals surface area (Å²) >= 11 is 1.76. The molecule has 0 N–H and O–H groups in total. The van der Waals surface area contributed by atoms with Crippen molar-refractivity contribution in [1.29, 1.82) is 0 Å². The molecule has 1 aliphatic rings. The summed E-state index contributed by atoms with van der Waals surface area (Å²) in [4.78, 5) is 14.0. The van der Waals surface area contributed by atoms with Crippen LogP contribution in [-0.4, -0.2) is 26.3 Å². The summed E-state index contributed by atoms with van der Waals surface area (Å²) in [6, 6.07) is 0.367. The van der Waals surface area contributed by atoms with Gasteiger partial charge in [0.1, 0.15) is 17.0 Å². The first-order valence-electron chi connectivity index (χ1n) is 7.61. The van der Waals surface area contributed by atoms with E-state index in [1.54, 1.807) is 17.7 Å². The summed E-state index contributed by atoms with van der Waals surface area (Å²) in [5.74, 6) is 1.08. The normalized spacial score (nSPS) is 18.5. The Bertz CT molecular complexity index is 834. The number of hydrogen-bond acceptors (Lipinski definition) is 5. The third-order valence-corrected chi connectivity index (χ3v) is 5.70. The third kappa shape index (κ3) is 2.01. The molecule has 0 amide bonds. The molecule has 0 aliphatic carbocycles. The molecule has 0 spiro atoms. The van der Waals surface area contributed by atoms with Gasteiger partial charge in [-0.1, -0.05) is 0 Å². The van der Waals surface area contributed by atoms with Gasteiger partial charge in [0.2, 0.25) is 0 Å². The van der Waals surface area contributed by atoms with Crippen molar-refractivity contribution >= 4 is 27.4 Å². The molecule has 1 fully saturated rings. The fourth-order valence-corrected chi connectivity index (χ4v) is 4.35. The maximum atomic E-state index is 4.64. The number of rotatable bonds is 2. The Morgan fingerprint density at radius 2 is 2.14 bits per heavy atom. The average Bonchev–Trinajstić information content (AvgIpc) is 3.19. The molecule has 114 valence electrons. The van der Waals surface area contributed by atoms with E-state index in [9.17, 15) is 0 Å². The Hall–Kier alpha value is -1.95. The van der Waals surface area contributed by atoms with Gasteiger partial charge < -0.3 is 4.90 Å². The van der Waals surface area contributed by atoms with E-state index in [1.165, 1.54) is 27.8 Å². The van der Waals surface area contributed by atoms with Crippen LogP contribution in [0.15, 0.2) is 18.7 Å². The predicted octanol–water partition coefficient (Wildman–Crippen LogP) is 3.38. The van der Waals surface area contributed by atoms with Crippen LogP contribution < -0.4 is 4.90 Å². The van der Waals surface area contributed by atoms with E-state index in [0.717, 1.165) is 23.6 Å².